The lowest BCUT2D eigenvalue weighted by Crippen LogP contribution is -2.59. The molecule has 0 aliphatic carbocycles. The summed E-state index contributed by atoms with van der Waals surface area (Å²) >= 11 is 0. The van der Waals surface area contributed by atoms with Crippen molar-refractivity contribution in [2.24, 2.45) is 0 Å². The topological polar surface area (TPSA) is 73.3 Å². The quantitative estimate of drug-likeness (QED) is 0.565. The number of hydrogen-bond acceptors (Lipinski definition) is 5. The number of hydrogen-bond donors (Lipinski definition) is 1. The van der Waals surface area contributed by atoms with E-state index in [0.717, 1.165) is 24.1 Å². The Labute approximate surface area is 223 Å². The van der Waals surface area contributed by atoms with E-state index < -0.39 is 29.1 Å². The zero-order valence-corrected chi connectivity index (χ0v) is 21.8. The number of aromatic carboxylic acids is 1. The summed E-state index contributed by atoms with van der Waals surface area (Å²) in [6.45, 7) is 6.56. The molecule has 11 heteroatoms. The molecule has 0 radical (unpaired) electrons. The Hall–Kier alpha value is -3.18. The standard InChI is InChI=1S/C28H31F4N3O4/c1-17-13-33(9-10-35(17)21-5-6-24(29)23(12-21)25(36)37)22-7-8-27(2,39-16-22)26(38)34-14-18-3-4-20(28(30,31)32)11-19(18)15-34/h3-6,11-12,17,22H,7-10,13-16H2,1-2H3,(H,36,37)/t17-,22+,27+/m0/s1. The summed E-state index contributed by atoms with van der Waals surface area (Å²) in [6, 6.07) is 7.91. The normalized spacial score (nSPS) is 26.0. The number of carbonyl (C=O) groups is 2. The van der Waals surface area contributed by atoms with Gasteiger partial charge in [-0.2, -0.15) is 13.2 Å². The van der Waals surface area contributed by atoms with E-state index in [0.29, 0.717) is 43.9 Å². The third kappa shape index (κ3) is 5.34. The highest BCUT2D eigenvalue weighted by Crippen LogP contribution is 2.36. The summed E-state index contributed by atoms with van der Waals surface area (Å²) in [5.41, 5.74) is -0.215. The molecule has 2 fully saturated rings. The van der Waals surface area contributed by atoms with Crippen molar-refractivity contribution in [3.05, 3.63) is 64.5 Å². The molecule has 2 aromatic rings. The second kappa shape index (κ2) is 10.1. The van der Waals surface area contributed by atoms with Crippen molar-refractivity contribution in [1.29, 1.82) is 0 Å². The van der Waals surface area contributed by atoms with Crippen LogP contribution >= 0.6 is 0 Å². The Morgan fingerprint density at radius 3 is 2.46 bits per heavy atom. The maximum atomic E-state index is 13.8. The van der Waals surface area contributed by atoms with Crippen LogP contribution in [0.4, 0.5) is 23.2 Å². The van der Waals surface area contributed by atoms with Gasteiger partial charge in [0.25, 0.3) is 5.91 Å². The monoisotopic (exact) mass is 549 g/mol. The lowest BCUT2D eigenvalue weighted by atomic mass is 9.91. The number of amides is 1. The molecule has 39 heavy (non-hydrogen) atoms. The predicted octanol–water partition coefficient (Wildman–Crippen LogP) is 4.53. The van der Waals surface area contributed by atoms with Gasteiger partial charge in [0.15, 0.2) is 0 Å². The zero-order valence-electron chi connectivity index (χ0n) is 21.8. The van der Waals surface area contributed by atoms with Gasteiger partial charge in [-0.1, -0.05) is 6.07 Å². The Morgan fingerprint density at radius 1 is 1.08 bits per heavy atom. The van der Waals surface area contributed by atoms with Gasteiger partial charge in [0.2, 0.25) is 0 Å². The van der Waals surface area contributed by atoms with Crippen LogP contribution in [0.3, 0.4) is 0 Å². The molecule has 3 aliphatic rings. The minimum Gasteiger partial charge on any atom is -0.478 e. The molecule has 3 heterocycles. The number of halogens is 4. The first-order valence-corrected chi connectivity index (χ1v) is 13.0. The van der Waals surface area contributed by atoms with Crippen LogP contribution in [0.15, 0.2) is 36.4 Å². The first-order chi connectivity index (χ1) is 18.4. The van der Waals surface area contributed by atoms with Gasteiger partial charge in [-0.3, -0.25) is 9.69 Å². The van der Waals surface area contributed by atoms with Crippen molar-refractivity contribution in [3.8, 4) is 0 Å². The van der Waals surface area contributed by atoms with Gasteiger partial charge in [0, 0.05) is 50.5 Å². The molecule has 3 atom stereocenters. The van der Waals surface area contributed by atoms with E-state index in [1.807, 2.05) is 6.92 Å². The van der Waals surface area contributed by atoms with Crippen LogP contribution in [0, 0.1) is 5.82 Å². The van der Waals surface area contributed by atoms with Gasteiger partial charge in [-0.15, -0.1) is 0 Å². The fourth-order valence-electron chi connectivity index (χ4n) is 5.94. The Bertz CT molecular complexity index is 1280. The van der Waals surface area contributed by atoms with Gasteiger partial charge in [-0.25, -0.2) is 9.18 Å². The number of rotatable bonds is 4. The van der Waals surface area contributed by atoms with Crippen molar-refractivity contribution < 1.29 is 37.0 Å². The number of benzene rings is 2. The highest BCUT2D eigenvalue weighted by molar-refractivity contribution is 5.89. The molecule has 5 rings (SSSR count). The van der Waals surface area contributed by atoms with Crippen molar-refractivity contribution in [3.63, 3.8) is 0 Å². The number of carboxylic acids is 1. The number of ether oxygens (including phenoxy) is 1. The van der Waals surface area contributed by atoms with Crippen molar-refractivity contribution in [2.75, 3.05) is 31.1 Å². The molecule has 0 bridgehead atoms. The maximum absolute atomic E-state index is 13.8. The maximum Gasteiger partial charge on any atom is 0.416 e. The number of piperazine rings is 1. The van der Waals surface area contributed by atoms with Crippen molar-refractivity contribution in [2.45, 2.75) is 63.6 Å². The Balaban J connectivity index is 1.17. The largest absolute Gasteiger partial charge is 0.478 e. The van der Waals surface area contributed by atoms with E-state index in [1.54, 1.807) is 17.9 Å². The highest BCUT2D eigenvalue weighted by Gasteiger charge is 2.44. The summed E-state index contributed by atoms with van der Waals surface area (Å²) in [6.07, 6.45) is -3.21. The van der Waals surface area contributed by atoms with E-state index in [4.69, 9.17) is 4.74 Å². The zero-order chi connectivity index (χ0) is 28.1. The molecule has 0 spiro atoms. The third-order valence-corrected chi connectivity index (χ3v) is 8.23. The first kappa shape index (κ1) is 27.4. The summed E-state index contributed by atoms with van der Waals surface area (Å²) in [5, 5.41) is 9.25. The fourth-order valence-corrected chi connectivity index (χ4v) is 5.94. The van der Waals surface area contributed by atoms with E-state index >= 15 is 0 Å². The van der Waals surface area contributed by atoms with Gasteiger partial charge in [-0.05, 0) is 68.1 Å². The summed E-state index contributed by atoms with van der Waals surface area (Å²) in [4.78, 5) is 30.7. The lowest BCUT2D eigenvalue weighted by molar-refractivity contribution is -0.168. The minimum absolute atomic E-state index is 0.0468. The second-order valence-electron chi connectivity index (χ2n) is 10.9. The van der Waals surface area contributed by atoms with E-state index in [2.05, 4.69) is 9.80 Å². The fraction of sp³-hybridized carbons (Fsp3) is 0.500. The summed E-state index contributed by atoms with van der Waals surface area (Å²) in [5.74, 6) is -2.28. The average Bonchev–Trinajstić information content (AvgIpc) is 3.32. The molecule has 0 unspecified atom stereocenters. The van der Waals surface area contributed by atoms with Crippen LogP contribution in [0.5, 0.6) is 0 Å². The third-order valence-electron chi connectivity index (χ3n) is 8.23. The SMILES string of the molecule is C[C@H]1CN([C@@H]2CC[C@](C)(C(=O)N3Cc4ccc(C(F)(F)F)cc4C3)OC2)CCN1c1ccc(F)c(C(=O)O)c1. The number of carboxylic acid groups (broad SMARTS) is 1. The Kier molecular flexibility index (Phi) is 7.09. The summed E-state index contributed by atoms with van der Waals surface area (Å²) in [7, 11) is 0. The lowest BCUT2D eigenvalue weighted by Gasteiger charge is -2.47. The van der Waals surface area contributed by atoms with Crippen LogP contribution < -0.4 is 4.90 Å². The molecule has 1 amide bonds. The molecule has 2 aromatic carbocycles. The molecule has 3 aliphatic heterocycles. The predicted molar refractivity (Wildman–Crippen MR) is 135 cm³/mol. The molecule has 1 N–H and O–H groups in total. The van der Waals surface area contributed by atoms with Gasteiger partial charge in [0.05, 0.1) is 17.7 Å². The number of alkyl halides is 3. The minimum atomic E-state index is -4.43. The van der Waals surface area contributed by atoms with Gasteiger partial charge in [0.1, 0.15) is 11.4 Å². The molecule has 210 valence electrons. The smallest absolute Gasteiger partial charge is 0.416 e. The van der Waals surface area contributed by atoms with Crippen LogP contribution in [-0.2, 0) is 28.8 Å². The Morgan fingerprint density at radius 2 is 1.82 bits per heavy atom. The van der Waals surface area contributed by atoms with Gasteiger partial charge < -0.3 is 19.6 Å². The number of anilines is 1. The average molecular weight is 550 g/mol. The van der Waals surface area contributed by atoms with E-state index in [9.17, 15) is 32.3 Å². The second-order valence-corrected chi connectivity index (χ2v) is 10.9. The van der Waals surface area contributed by atoms with E-state index in [1.165, 1.54) is 18.2 Å². The molecule has 7 nitrogen and oxygen atoms in total. The molecule has 0 saturated carbocycles. The summed E-state index contributed by atoms with van der Waals surface area (Å²) < 4.78 is 59.3. The molecule has 2 saturated heterocycles. The van der Waals surface area contributed by atoms with Crippen LogP contribution in [-0.4, -0.2) is 70.7 Å². The van der Waals surface area contributed by atoms with Crippen LogP contribution in [0.1, 0.15) is 53.7 Å². The van der Waals surface area contributed by atoms with Crippen molar-refractivity contribution >= 4 is 17.6 Å². The number of nitrogens with zero attached hydrogens (tertiary/aromatic N) is 3. The molecular weight excluding hydrogens is 518 g/mol. The van der Waals surface area contributed by atoms with E-state index in [-0.39, 0.29) is 36.6 Å². The highest BCUT2D eigenvalue weighted by atomic mass is 19.4. The number of fused-ring (bicyclic) bond motifs is 1. The van der Waals surface area contributed by atoms with Crippen molar-refractivity contribution in [1.82, 2.24) is 9.80 Å². The molecule has 0 aromatic heterocycles. The first-order valence-electron chi connectivity index (χ1n) is 13.0. The number of carbonyl (C=O) groups excluding carboxylic acids is 1. The molecular formula is C28H31F4N3O4. The van der Waals surface area contributed by atoms with Gasteiger partial charge >= 0.3 is 12.1 Å². The van der Waals surface area contributed by atoms with Crippen LogP contribution in [0.2, 0.25) is 0 Å². The van der Waals surface area contributed by atoms with Crippen LogP contribution in [0.25, 0.3) is 0 Å².